The molecule has 1 aliphatic heterocycles. The molecule has 4 aromatic rings. The molecule has 0 amide bonds. The zero-order chi connectivity index (χ0) is 31.6. The molecule has 230 valence electrons. The van der Waals surface area contributed by atoms with Crippen LogP contribution in [0.2, 0.25) is 0 Å². The van der Waals surface area contributed by atoms with E-state index >= 15 is 0 Å². The predicted molar refractivity (Wildman–Crippen MR) is 161 cm³/mol. The fourth-order valence-electron chi connectivity index (χ4n) is 4.96. The number of carbonyl (C=O) groups excluding carboxylic acids is 4. The maximum atomic E-state index is 13.4. The maximum absolute atomic E-state index is 13.4. The standard InChI is InChI=1S/C35H31NO9/c37-21-27-29(43-33(39)24-15-7-2-8-16-24)31(45-35(41)26-19-11-4-12-20-26)30(44-34(40)25-17-9-3-10-18-25)28(36-27)22-42-32(38)23-13-5-1-6-14-23/h1-20,27-31,36-37H,21-22H2/t27-,28-,29+,30-,31-/m1/s1. The van der Waals surface area contributed by atoms with Crippen LogP contribution in [0.3, 0.4) is 0 Å². The van der Waals surface area contributed by atoms with Crippen molar-refractivity contribution in [3.8, 4) is 0 Å². The Bertz CT molecular complexity index is 1580. The summed E-state index contributed by atoms with van der Waals surface area (Å²) >= 11 is 0. The van der Waals surface area contributed by atoms with Gasteiger partial charge >= 0.3 is 23.9 Å². The second-order valence-corrected chi connectivity index (χ2v) is 10.2. The minimum Gasteiger partial charge on any atom is -0.460 e. The first kappa shape index (κ1) is 31.1. The van der Waals surface area contributed by atoms with Gasteiger partial charge in [-0.15, -0.1) is 0 Å². The van der Waals surface area contributed by atoms with E-state index in [1.54, 1.807) is 121 Å². The summed E-state index contributed by atoms with van der Waals surface area (Å²) in [5.74, 6) is -2.91. The van der Waals surface area contributed by atoms with Gasteiger partial charge in [-0.1, -0.05) is 72.8 Å². The van der Waals surface area contributed by atoms with Gasteiger partial charge in [-0.25, -0.2) is 19.2 Å². The Hall–Kier alpha value is -5.32. The van der Waals surface area contributed by atoms with Crippen molar-refractivity contribution in [2.75, 3.05) is 13.2 Å². The number of carbonyl (C=O) groups is 4. The normalized spacial score (nSPS) is 20.8. The van der Waals surface area contributed by atoms with Crippen molar-refractivity contribution in [1.29, 1.82) is 0 Å². The highest BCUT2D eigenvalue weighted by Crippen LogP contribution is 2.27. The summed E-state index contributed by atoms with van der Waals surface area (Å²) in [6, 6.07) is 30.8. The van der Waals surface area contributed by atoms with E-state index < -0.39 is 60.9 Å². The van der Waals surface area contributed by atoms with Crippen molar-refractivity contribution < 1.29 is 43.2 Å². The Balaban J connectivity index is 1.50. The van der Waals surface area contributed by atoms with Gasteiger partial charge in [0.05, 0.1) is 40.9 Å². The Morgan fingerprint density at radius 2 is 0.822 bits per heavy atom. The van der Waals surface area contributed by atoms with Gasteiger partial charge in [0.2, 0.25) is 0 Å². The van der Waals surface area contributed by atoms with Crippen LogP contribution in [0.5, 0.6) is 0 Å². The number of nitrogens with one attached hydrogen (secondary N) is 1. The highest BCUT2D eigenvalue weighted by molar-refractivity contribution is 5.91. The zero-order valence-corrected chi connectivity index (χ0v) is 24.1. The fourth-order valence-corrected chi connectivity index (χ4v) is 4.96. The number of benzene rings is 4. The molecule has 45 heavy (non-hydrogen) atoms. The minimum absolute atomic E-state index is 0.199. The molecule has 4 aromatic carbocycles. The van der Waals surface area contributed by atoms with E-state index in [0.717, 1.165) is 0 Å². The second-order valence-electron chi connectivity index (χ2n) is 10.2. The van der Waals surface area contributed by atoms with Crippen molar-refractivity contribution in [3.63, 3.8) is 0 Å². The molecule has 0 aliphatic carbocycles. The van der Waals surface area contributed by atoms with Crippen LogP contribution in [0.4, 0.5) is 0 Å². The Kier molecular flexibility index (Phi) is 10.3. The molecule has 0 aromatic heterocycles. The van der Waals surface area contributed by atoms with E-state index in [1.165, 1.54) is 0 Å². The van der Waals surface area contributed by atoms with Gasteiger partial charge in [-0.05, 0) is 48.5 Å². The van der Waals surface area contributed by atoms with Crippen LogP contribution < -0.4 is 5.32 Å². The molecule has 0 bridgehead atoms. The number of aliphatic hydroxyl groups is 1. The van der Waals surface area contributed by atoms with Crippen molar-refractivity contribution in [2.24, 2.45) is 0 Å². The van der Waals surface area contributed by atoms with Crippen molar-refractivity contribution in [3.05, 3.63) is 144 Å². The largest absolute Gasteiger partial charge is 0.460 e. The molecular weight excluding hydrogens is 578 g/mol. The van der Waals surface area contributed by atoms with Crippen LogP contribution in [0.25, 0.3) is 0 Å². The number of hydrogen-bond acceptors (Lipinski definition) is 10. The van der Waals surface area contributed by atoms with Crippen molar-refractivity contribution in [2.45, 2.75) is 30.4 Å². The van der Waals surface area contributed by atoms with Gasteiger partial charge in [0.15, 0.2) is 18.3 Å². The number of aliphatic hydroxyl groups excluding tert-OH is 1. The molecule has 2 N–H and O–H groups in total. The Morgan fingerprint density at radius 3 is 1.20 bits per heavy atom. The lowest BCUT2D eigenvalue weighted by molar-refractivity contribution is -0.137. The first-order chi connectivity index (χ1) is 21.9. The summed E-state index contributed by atoms with van der Waals surface area (Å²) in [4.78, 5) is 52.8. The van der Waals surface area contributed by atoms with Gasteiger partial charge in [0.1, 0.15) is 6.61 Å². The highest BCUT2D eigenvalue weighted by atomic mass is 16.6. The van der Waals surface area contributed by atoms with Gasteiger partial charge in [-0.3, -0.25) is 5.32 Å². The predicted octanol–water partition coefficient (Wildman–Crippen LogP) is 3.85. The Labute approximate surface area is 259 Å². The summed E-state index contributed by atoms with van der Waals surface area (Å²) in [5.41, 5.74) is 0.934. The summed E-state index contributed by atoms with van der Waals surface area (Å²) in [5, 5.41) is 13.5. The Morgan fingerprint density at radius 1 is 0.489 bits per heavy atom. The minimum atomic E-state index is -1.42. The SMILES string of the molecule is O=C(OC[C@H]1N[C@H](CO)[C@H](OC(=O)c2ccccc2)[C@@H](OC(=O)c2ccccc2)[C@@H]1OC(=O)c1ccccc1)c1ccccc1. The number of esters is 4. The number of rotatable bonds is 10. The number of piperidine rings is 1. The van der Waals surface area contributed by atoms with Crippen LogP contribution in [0, 0.1) is 0 Å². The molecule has 1 saturated heterocycles. The smallest absolute Gasteiger partial charge is 0.338 e. The molecule has 5 atom stereocenters. The van der Waals surface area contributed by atoms with E-state index in [2.05, 4.69) is 5.32 Å². The lowest BCUT2D eigenvalue weighted by atomic mass is 9.89. The summed E-state index contributed by atoms with van der Waals surface area (Å²) in [7, 11) is 0. The summed E-state index contributed by atoms with van der Waals surface area (Å²) in [6.45, 7) is -0.899. The molecule has 0 spiro atoms. The summed E-state index contributed by atoms with van der Waals surface area (Å²) in [6.07, 6.45) is -4.06. The summed E-state index contributed by atoms with van der Waals surface area (Å²) < 4.78 is 23.3. The fraction of sp³-hybridized carbons (Fsp3) is 0.200. The quantitative estimate of drug-likeness (QED) is 0.201. The molecule has 0 radical (unpaired) electrons. The lowest BCUT2D eigenvalue weighted by Gasteiger charge is -2.45. The van der Waals surface area contributed by atoms with Crippen LogP contribution >= 0.6 is 0 Å². The third-order valence-corrected chi connectivity index (χ3v) is 7.23. The highest BCUT2D eigenvalue weighted by Gasteiger charge is 2.51. The molecule has 5 rings (SSSR count). The maximum Gasteiger partial charge on any atom is 0.338 e. The number of ether oxygens (including phenoxy) is 4. The topological polar surface area (TPSA) is 137 Å². The zero-order valence-electron chi connectivity index (χ0n) is 24.1. The molecule has 0 saturated carbocycles. The van der Waals surface area contributed by atoms with Crippen LogP contribution in [0.1, 0.15) is 41.4 Å². The van der Waals surface area contributed by atoms with E-state index in [9.17, 15) is 24.3 Å². The molecule has 0 unspecified atom stereocenters. The first-order valence-corrected chi connectivity index (χ1v) is 14.3. The van der Waals surface area contributed by atoms with Gasteiger partial charge < -0.3 is 24.1 Å². The van der Waals surface area contributed by atoms with Crippen LogP contribution in [-0.2, 0) is 18.9 Å². The molecule has 1 fully saturated rings. The van der Waals surface area contributed by atoms with E-state index in [-0.39, 0.29) is 23.3 Å². The lowest BCUT2D eigenvalue weighted by Crippen LogP contribution is -2.69. The average Bonchev–Trinajstić information content (AvgIpc) is 3.10. The average molecular weight is 610 g/mol. The van der Waals surface area contributed by atoms with Crippen LogP contribution in [0.15, 0.2) is 121 Å². The first-order valence-electron chi connectivity index (χ1n) is 14.3. The van der Waals surface area contributed by atoms with Gasteiger partial charge in [0, 0.05) is 0 Å². The van der Waals surface area contributed by atoms with Crippen molar-refractivity contribution in [1.82, 2.24) is 5.32 Å². The molecule has 1 heterocycles. The number of hydrogen-bond donors (Lipinski definition) is 2. The second kappa shape index (κ2) is 14.9. The van der Waals surface area contributed by atoms with E-state index in [0.29, 0.717) is 5.56 Å². The monoisotopic (exact) mass is 609 g/mol. The van der Waals surface area contributed by atoms with Gasteiger partial charge in [-0.2, -0.15) is 0 Å². The van der Waals surface area contributed by atoms with E-state index in [1.807, 2.05) is 0 Å². The molecule has 10 nitrogen and oxygen atoms in total. The molecule has 1 aliphatic rings. The van der Waals surface area contributed by atoms with Crippen LogP contribution in [-0.4, -0.2) is 72.6 Å². The third-order valence-electron chi connectivity index (χ3n) is 7.23. The van der Waals surface area contributed by atoms with E-state index in [4.69, 9.17) is 18.9 Å². The van der Waals surface area contributed by atoms with Gasteiger partial charge in [0.25, 0.3) is 0 Å². The van der Waals surface area contributed by atoms with Crippen molar-refractivity contribution >= 4 is 23.9 Å². The molecular formula is C35H31NO9. The third kappa shape index (κ3) is 7.80. The molecule has 10 heteroatoms.